The molecule has 2 rings (SSSR count). The summed E-state index contributed by atoms with van der Waals surface area (Å²) < 4.78 is 40.3. The zero-order valence-electron chi connectivity index (χ0n) is 13.3. The van der Waals surface area contributed by atoms with Crippen molar-refractivity contribution in [2.45, 2.75) is 38.1 Å². The van der Waals surface area contributed by atoms with Crippen LogP contribution in [0.2, 0.25) is 0 Å². The number of nitrogens with zero attached hydrogens (tertiary/aromatic N) is 2. The van der Waals surface area contributed by atoms with Gasteiger partial charge >= 0.3 is 6.18 Å². The molecule has 2 heterocycles. The monoisotopic (exact) mass is 378 g/mol. The van der Waals surface area contributed by atoms with Gasteiger partial charge < -0.3 is 10.0 Å². The van der Waals surface area contributed by atoms with Gasteiger partial charge in [0.05, 0.1) is 12.5 Å². The Bertz CT molecular complexity index is 700. The zero-order valence-corrected chi connectivity index (χ0v) is 14.9. The van der Waals surface area contributed by atoms with Crippen molar-refractivity contribution >= 4 is 28.6 Å². The highest BCUT2D eigenvalue weighted by molar-refractivity contribution is 7.10. The smallest absolute Gasteiger partial charge is 0.374 e. The summed E-state index contributed by atoms with van der Waals surface area (Å²) in [6.07, 6.45) is -6.10. The summed E-state index contributed by atoms with van der Waals surface area (Å²) in [5, 5.41) is 13.0. The maximum Gasteiger partial charge on any atom is 0.424 e. The highest BCUT2D eigenvalue weighted by Gasteiger charge is 2.58. The Kier molecular flexibility index (Phi) is 5.36. The van der Waals surface area contributed by atoms with Crippen LogP contribution in [0.4, 0.5) is 13.2 Å². The second-order valence-corrected chi connectivity index (χ2v) is 7.36. The van der Waals surface area contributed by atoms with Crippen molar-refractivity contribution in [3.05, 3.63) is 38.5 Å². The molecule has 2 aromatic rings. The van der Waals surface area contributed by atoms with Crippen molar-refractivity contribution in [3.8, 4) is 0 Å². The number of thiazole rings is 1. The van der Waals surface area contributed by atoms with E-state index in [9.17, 15) is 23.1 Å². The van der Waals surface area contributed by atoms with Crippen LogP contribution in [-0.4, -0.2) is 34.1 Å². The van der Waals surface area contributed by atoms with Crippen LogP contribution in [0.5, 0.6) is 0 Å². The SMILES string of the molecule is Cc1csc(C(O)(CC(=O)N(C)C(C)c2cccs2)C(F)(F)F)n1. The standard InChI is InChI=1S/C15H17F3N2O2S2/c1-9-8-24-13(19-9)14(22,15(16,17)18)7-12(21)20(3)10(2)11-5-4-6-23-11/h4-6,8,10,22H,7H2,1-3H3. The van der Waals surface area contributed by atoms with Gasteiger partial charge in [-0.25, -0.2) is 4.98 Å². The molecule has 1 amide bonds. The molecule has 9 heteroatoms. The summed E-state index contributed by atoms with van der Waals surface area (Å²) in [6, 6.07) is 3.23. The van der Waals surface area contributed by atoms with E-state index in [1.807, 2.05) is 5.38 Å². The number of aliphatic hydroxyl groups is 1. The lowest BCUT2D eigenvalue weighted by atomic mass is 9.98. The average molecular weight is 378 g/mol. The lowest BCUT2D eigenvalue weighted by Gasteiger charge is -2.31. The van der Waals surface area contributed by atoms with E-state index in [1.54, 1.807) is 19.1 Å². The van der Waals surface area contributed by atoms with Crippen molar-refractivity contribution in [1.82, 2.24) is 9.88 Å². The average Bonchev–Trinajstić information content (AvgIpc) is 3.15. The summed E-state index contributed by atoms with van der Waals surface area (Å²) in [6.45, 7) is 3.26. The van der Waals surface area contributed by atoms with Crippen LogP contribution in [-0.2, 0) is 10.4 Å². The zero-order chi connectivity index (χ0) is 18.1. The molecule has 0 fully saturated rings. The molecule has 0 radical (unpaired) electrons. The third-order valence-electron chi connectivity index (χ3n) is 3.78. The van der Waals surface area contributed by atoms with Crippen LogP contribution >= 0.6 is 22.7 Å². The largest absolute Gasteiger partial charge is 0.424 e. The first-order valence-electron chi connectivity index (χ1n) is 7.07. The van der Waals surface area contributed by atoms with Crippen LogP contribution < -0.4 is 0 Å². The lowest BCUT2D eigenvalue weighted by molar-refractivity contribution is -0.268. The molecule has 0 saturated heterocycles. The Labute approximate surface area is 145 Å². The minimum absolute atomic E-state index is 0.366. The summed E-state index contributed by atoms with van der Waals surface area (Å²) >= 11 is 2.10. The number of hydrogen-bond acceptors (Lipinski definition) is 5. The number of amides is 1. The predicted molar refractivity (Wildman–Crippen MR) is 86.9 cm³/mol. The van der Waals surface area contributed by atoms with Crippen molar-refractivity contribution < 1.29 is 23.1 Å². The molecular weight excluding hydrogens is 361 g/mol. The molecule has 4 nitrogen and oxygen atoms in total. The number of rotatable bonds is 5. The fourth-order valence-corrected chi connectivity index (χ4v) is 3.86. The van der Waals surface area contributed by atoms with Gasteiger partial charge in [-0.05, 0) is 25.3 Å². The van der Waals surface area contributed by atoms with Crippen molar-refractivity contribution in [1.29, 1.82) is 0 Å². The number of aryl methyl sites for hydroxylation is 1. The third kappa shape index (κ3) is 3.62. The fraction of sp³-hybridized carbons (Fsp3) is 0.467. The molecule has 0 aliphatic carbocycles. The van der Waals surface area contributed by atoms with Gasteiger partial charge in [-0.3, -0.25) is 4.79 Å². The normalized spacial score (nSPS) is 15.8. The summed E-state index contributed by atoms with van der Waals surface area (Å²) in [5.74, 6) is -0.802. The highest BCUT2D eigenvalue weighted by Crippen LogP contribution is 2.43. The first-order valence-corrected chi connectivity index (χ1v) is 8.83. The van der Waals surface area contributed by atoms with Crippen LogP contribution in [0.25, 0.3) is 0 Å². The van der Waals surface area contributed by atoms with Gasteiger partial charge in [-0.1, -0.05) is 6.07 Å². The molecule has 0 bridgehead atoms. The fourth-order valence-electron chi connectivity index (χ4n) is 2.12. The molecule has 2 aromatic heterocycles. The molecule has 0 spiro atoms. The van der Waals surface area contributed by atoms with Crippen LogP contribution in [0.1, 0.15) is 35.0 Å². The van der Waals surface area contributed by atoms with Gasteiger partial charge in [0.25, 0.3) is 0 Å². The molecule has 132 valence electrons. The van der Waals surface area contributed by atoms with Crippen molar-refractivity contribution in [2.75, 3.05) is 7.05 Å². The molecular formula is C15H17F3N2O2S2. The van der Waals surface area contributed by atoms with E-state index in [0.717, 1.165) is 4.88 Å². The first-order chi connectivity index (χ1) is 11.1. The maximum atomic E-state index is 13.4. The Morgan fingerprint density at radius 3 is 2.54 bits per heavy atom. The molecule has 24 heavy (non-hydrogen) atoms. The molecule has 0 saturated carbocycles. The van der Waals surface area contributed by atoms with Gasteiger partial charge in [-0.15, -0.1) is 22.7 Å². The van der Waals surface area contributed by atoms with Gasteiger partial charge in [0.1, 0.15) is 5.01 Å². The number of carbonyl (C=O) groups is 1. The molecule has 1 N–H and O–H groups in total. The van der Waals surface area contributed by atoms with E-state index in [1.165, 1.54) is 35.6 Å². The van der Waals surface area contributed by atoms with E-state index in [4.69, 9.17) is 0 Å². The topological polar surface area (TPSA) is 53.4 Å². The van der Waals surface area contributed by atoms with Crippen molar-refractivity contribution in [2.24, 2.45) is 0 Å². The highest BCUT2D eigenvalue weighted by atomic mass is 32.1. The minimum Gasteiger partial charge on any atom is -0.374 e. The number of aromatic nitrogens is 1. The Morgan fingerprint density at radius 2 is 2.08 bits per heavy atom. The van der Waals surface area contributed by atoms with Gasteiger partial charge in [0, 0.05) is 23.0 Å². The molecule has 2 atom stereocenters. The van der Waals surface area contributed by atoms with Gasteiger partial charge in [0.15, 0.2) is 0 Å². The molecule has 0 aromatic carbocycles. The van der Waals surface area contributed by atoms with E-state index in [2.05, 4.69) is 4.98 Å². The van der Waals surface area contributed by atoms with Crippen LogP contribution in [0.3, 0.4) is 0 Å². The third-order valence-corrected chi connectivity index (χ3v) is 5.93. The van der Waals surface area contributed by atoms with Crippen molar-refractivity contribution in [3.63, 3.8) is 0 Å². The Balaban J connectivity index is 2.25. The lowest BCUT2D eigenvalue weighted by Crippen LogP contribution is -2.46. The van der Waals surface area contributed by atoms with Gasteiger partial charge in [-0.2, -0.15) is 13.2 Å². The second-order valence-electron chi connectivity index (χ2n) is 5.52. The summed E-state index contributed by atoms with van der Waals surface area (Å²) in [5.41, 5.74) is -2.92. The van der Waals surface area contributed by atoms with E-state index >= 15 is 0 Å². The molecule has 0 aliphatic rings. The number of alkyl halides is 3. The number of halogens is 3. The maximum absolute atomic E-state index is 13.4. The number of thiophene rings is 1. The minimum atomic E-state index is -5.00. The van der Waals surface area contributed by atoms with E-state index in [-0.39, 0.29) is 6.04 Å². The molecule has 0 aliphatic heterocycles. The van der Waals surface area contributed by atoms with Crippen LogP contribution in [0, 0.1) is 6.92 Å². The first kappa shape index (κ1) is 18.9. The van der Waals surface area contributed by atoms with Gasteiger partial charge in [0.2, 0.25) is 11.5 Å². The summed E-state index contributed by atoms with van der Waals surface area (Å²) in [4.78, 5) is 18.2. The second kappa shape index (κ2) is 6.81. The number of hydrogen-bond donors (Lipinski definition) is 1. The van der Waals surface area contributed by atoms with E-state index < -0.39 is 29.1 Å². The Morgan fingerprint density at radius 1 is 1.42 bits per heavy atom. The van der Waals surface area contributed by atoms with E-state index in [0.29, 0.717) is 17.0 Å². The van der Waals surface area contributed by atoms with Crippen LogP contribution in [0.15, 0.2) is 22.9 Å². The molecule has 2 unspecified atom stereocenters. The number of carbonyl (C=O) groups excluding carboxylic acids is 1. The quantitative estimate of drug-likeness (QED) is 0.859. The summed E-state index contributed by atoms with van der Waals surface area (Å²) in [7, 11) is 1.43. The Hall–Kier alpha value is -1.45. The predicted octanol–water partition coefficient (Wildman–Crippen LogP) is 3.87.